The van der Waals surface area contributed by atoms with Gasteiger partial charge in [-0.2, -0.15) is 4.73 Å². The van der Waals surface area contributed by atoms with E-state index in [1.807, 2.05) is 13.8 Å². The van der Waals surface area contributed by atoms with Crippen molar-refractivity contribution in [2.75, 3.05) is 0 Å². The lowest BCUT2D eigenvalue weighted by Gasteiger charge is -2.05. The van der Waals surface area contributed by atoms with Crippen LogP contribution in [0.3, 0.4) is 0 Å². The highest BCUT2D eigenvalue weighted by Crippen LogP contribution is 2.23. The van der Waals surface area contributed by atoms with Crippen molar-refractivity contribution in [3.63, 3.8) is 0 Å². The van der Waals surface area contributed by atoms with Crippen LogP contribution in [0.5, 0.6) is 0 Å². The third-order valence-corrected chi connectivity index (χ3v) is 3.65. The Morgan fingerprint density at radius 2 is 1.91 bits per heavy atom. The monoisotopic (exact) mass is 279 g/mol. The van der Waals surface area contributed by atoms with Crippen LogP contribution < -0.4 is 4.73 Å². The first-order chi connectivity index (χ1) is 5.04. The van der Waals surface area contributed by atoms with Crippen molar-refractivity contribution in [3.8, 4) is 0 Å². The first kappa shape index (κ1) is 9.00. The lowest BCUT2D eigenvalue weighted by atomic mass is 10.2. The Balaban J connectivity index is 3.46. The molecule has 2 nitrogen and oxygen atoms in total. The molecule has 0 N–H and O–H groups in total. The summed E-state index contributed by atoms with van der Waals surface area (Å²) in [6, 6.07) is 0. The third-order valence-electron chi connectivity index (χ3n) is 1.49. The molecule has 0 aromatic carbocycles. The van der Waals surface area contributed by atoms with E-state index in [2.05, 4.69) is 31.9 Å². The molecule has 1 aromatic heterocycles. The molecule has 11 heavy (non-hydrogen) atoms. The fraction of sp³-hybridized carbons (Fsp3) is 0.286. The van der Waals surface area contributed by atoms with E-state index in [-0.39, 0.29) is 0 Å². The molecule has 1 heterocycles. The predicted molar refractivity (Wildman–Crippen MR) is 50.3 cm³/mol. The SMILES string of the molecule is Cc1c[n+]([O-])c(Br)c(C)c1Br. The molecule has 0 aliphatic heterocycles. The molecule has 0 saturated carbocycles. The topological polar surface area (TPSA) is 26.9 Å². The van der Waals surface area contributed by atoms with Gasteiger partial charge in [0.2, 0.25) is 0 Å². The van der Waals surface area contributed by atoms with E-state index < -0.39 is 0 Å². The lowest BCUT2D eigenvalue weighted by Crippen LogP contribution is -2.28. The average Bonchev–Trinajstić information content (AvgIpc) is 1.97. The summed E-state index contributed by atoms with van der Waals surface area (Å²) in [4.78, 5) is 0. The van der Waals surface area contributed by atoms with Crippen molar-refractivity contribution in [1.82, 2.24) is 0 Å². The molecular formula is C7H7Br2NO. The largest absolute Gasteiger partial charge is 0.618 e. The molecule has 0 atom stereocenters. The van der Waals surface area contributed by atoms with Crippen LogP contribution in [0, 0.1) is 19.1 Å². The van der Waals surface area contributed by atoms with Gasteiger partial charge >= 0.3 is 0 Å². The standard InChI is InChI=1S/C7H7Br2NO/c1-4-3-10(11)7(9)5(2)6(4)8/h3H,1-2H3. The Hall–Kier alpha value is -0.0900. The fourth-order valence-corrected chi connectivity index (χ4v) is 1.70. The van der Waals surface area contributed by atoms with E-state index in [1.165, 1.54) is 6.20 Å². The molecule has 0 bridgehead atoms. The number of pyridine rings is 1. The van der Waals surface area contributed by atoms with Gasteiger partial charge in [0.1, 0.15) is 0 Å². The molecule has 0 aliphatic carbocycles. The molecule has 0 saturated heterocycles. The van der Waals surface area contributed by atoms with Gasteiger partial charge in [-0.3, -0.25) is 0 Å². The van der Waals surface area contributed by atoms with E-state index in [4.69, 9.17) is 0 Å². The number of nitrogens with zero attached hydrogens (tertiary/aromatic N) is 1. The van der Waals surface area contributed by atoms with Crippen molar-refractivity contribution in [1.29, 1.82) is 0 Å². The van der Waals surface area contributed by atoms with Crippen molar-refractivity contribution >= 4 is 31.9 Å². The maximum Gasteiger partial charge on any atom is 0.263 e. The second-order valence-corrected chi connectivity index (χ2v) is 3.91. The maximum atomic E-state index is 11.1. The highest BCUT2D eigenvalue weighted by Gasteiger charge is 2.11. The van der Waals surface area contributed by atoms with Crippen LogP contribution in [0.15, 0.2) is 15.3 Å². The minimum Gasteiger partial charge on any atom is -0.618 e. The molecule has 0 spiro atoms. The molecule has 0 fully saturated rings. The summed E-state index contributed by atoms with van der Waals surface area (Å²) >= 11 is 6.57. The number of rotatable bonds is 0. The number of aromatic nitrogens is 1. The van der Waals surface area contributed by atoms with E-state index in [0.29, 0.717) is 4.60 Å². The number of hydrogen-bond donors (Lipinski definition) is 0. The van der Waals surface area contributed by atoms with Crippen LogP contribution in [0.1, 0.15) is 11.1 Å². The number of halogens is 2. The van der Waals surface area contributed by atoms with Crippen molar-refractivity contribution in [3.05, 3.63) is 31.6 Å². The van der Waals surface area contributed by atoms with Crippen molar-refractivity contribution in [2.45, 2.75) is 13.8 Å². The molecular weight excluding hydrogens is 274 g/mol. The summed E-state index contributed by atoms with van der Waals surface area (Å²) in [5.41, 5.74) is 1.88. The first-order valence-electron chi connectivity index (χ1n) is 3.08. The van der Waals surface area contributed by atoms with Gasteiger partial charge < -0.3 is 5.21 Å². The summed E-state index contributed by atoms with van der Waals surface area (Å²) in [7, 11) is 0. The van der Waals surface area contributed by atoms with Gasteiger partial charge in [0.25, 0.3) is 4.60 Å². The van der Waals surface area contributed by atoms with Crippen molar-refractivity contribution in [2.24, 2.45) is 0 Å². The van der Waals surface area contributed by atoms with Gasteiger partial charge in [-0.15, -0.1) is 0 Å². The van der Waals surface area contributed by atoms with Crippen LogP contribution in [0.2, 0.25) is 0 Å². The summed E-state index contributed by atoms with van der Waals surface area (Å²) < 4.78 is 2.36. The minimum absolute atomic E-state index is 0.565. The second-order valence-electron chi connectivity index (χ2n) is 2.37. The van der Waals surface area contributed by atoms with Gasteiger partial charge in [0.15, 0.2) is 6.20 Å². The van der Waals surface area contributed by atoms with Gasteiger partial charge in [0, 0.05) is 31.5 Å². The third kappa shape index (κ3) is 1.56. The first-order valence-corrected chi connectivity index (χ1v) is 4.67. The molecule has 60 valence electrons. The Kier molecular flexibility index (Phi) is 2.54. The van der Waals surface area contributed by atoms with Gasteiger partial charge in [-0.25, -0.2) is 0 Å². The average molecular weight is 281 g/mol. The van der Waals surface area contributed by atoms with Gasteiger partial charge in [0.05, 0.1) is 0 Å². The van der Waals surface area contributed by atoms with Crippen LogP contribution >= 0.6 is 31.9 Å². The van der Waals surface area contributed by atoms with E-state index >= 15 is 0 Å². The Bertz CT molecular complexity index is 273. The Labute approximate surface area is 82.1 Å². The van der Waals surface area contributed by atoms with Crippen LogP contribution in [-0.2, 0) is 0 Å². The molecule has 0 aliphatic rings. The zero-order valence-electron chi connectivity index (χ0n) is 6.19. The van der Waals surface area contributed by atoms with E-state index in [1.54, 1.807) is 0 Å². The van der Waals surface area contributed by atoms with E-state index in [9.17, 15) is 5.21 Å². The van der Waals surface area contributed by atoms with Crippen LogP contribution in [0.4, 0.5) is 0 Å². The summed E-state index contributed by atoms with van der Waals surface area (Å²) in [5, 5.41) is 11.1. The van der Waals surface area contributed by atoms with Crippen molar-refractivity contribution < 1.29 is 4.73 Å². The molecule has 4 heteroatoms. The van der Waals surface area contributed by atoms with Gasteiger partial charge in [-0.1, -0.05) is 0 Å². The maximum absolute atomic E-state index is 11.1. The normalized spacial score (nSPS) is 10.2. The fourth-order valence-electron chi connectivity index (χ4n) is 0.841. The summed E-state index contributed by atoms with van der Waals surface area (Å²) in [6.07, 6.45) is 1.53. The lowest BCUT2D eigenvalue weighted by molar-refractivity contribution is -0.618. The van der Waals surface area contributed by atoms with Crippen LogP contribution in [-0.4, -0.2) is 0 Å². The van der Waals surface area contributed by atoms with E-state index in [0.717, 1.165) is 20.3 Å². The smallest absolute Gasteiger partial charge is 0.263 e. The zero-order chi connectivity index (χ0) is 8.59. The van der Waals surface area contributed by atoms with Crippen LogP contribution in [0.25, 0.3) is 0 Å². The highest BCUT2D eigenvalue weighted by molar-refractivity contribution is 9.11. The molecule has 0 unspecified atom stereocenters. The summed E-state index contributed by atoms with van der Waals surface area (Å²) in [6.45, 7) is 3.77. The molecule has 1 rings (SSSR count). The zero-order valence-corrected chi connectivity index (χ0v) is 9.36. The molecule has 0 radical (unpaired) electrons. The quantitative estimate of drug-likeness (QED) is 0.407. The number of aryl methyl sites for hydroxylation is 1. The summed E-state index contributed by atoms with van der Waals surface area (Å²) in [5.74, 6) is 0. The Morgan fingerprint density at radius 3 is 2.45 bits per heavy atom. The molecule has 0 amide bonds. The number of hydrogen-bond acceptors (Lipinski definition) is 1. The molecule has 1 aromatic rings. The van der Waals surface area contributed by atoms with Gasteiger partial charge in [-0.05, 0) is 29.8 Å². The second kappa shape index (κ2) is 3.11. The predicted octanol–water partition coefficient (Wildman–Crippen LogP) is 2.46. The highest BCUT2D eigenvalue weighted by atomic mass is 79.9. The Morgan fingerprint density at radius 1 is 1.36 bits per heavy atom. The minimum atomic E-state index is 0.565.